The summed E-state index contributed by atoms with van der Waals surface area (Å²) in [4.78, 5) is 0. The van der Waals surface area contributed by atoms with Crippen LogP contribution in [0.4, 0.5) is 5.69 Å². The van der Waals surface area contributed by atoms with E-state index in [1.54, 1.807) is 0 Å². The Morgan fingerprint density at radius 3 is 2.12 bits per heavy atom. The van der Waals surface area contributed by atoms with E-state index in [0.717, 1.165) is 17.7 Å². The van der Waals surface area contributed by atoms with Crippen molar-refractivity contribution >= 4 is 28.3 Å². The second kappa shape index (κ2) is 5.08. The fourth-order valence-electron chi connectivity index (χ4n) is 1.78. The average Bonchev–Trinajstić information content (AvgIpc) is 2.29. The van der Waals surface area contributed by atoms with Gasteiger partial charge in [-0.05, 0) is 77.2 Å². The Labute approximate surface area is 116 Å². The molecule has 2 N–H and O–H groups in total. The van der Waals surface area contributed by atoms with Gasteiger partial charge in [-0.15, -0.1) is 0 Å². The number of rotatable bonds is 2. The van der Waals surface area contributed by atoms with Crippen LogP contribution in [0.25, 0.3) is 0 Å². The topological polar surface area (TPSA) is 26.0 Å². The summed E-state index contributed by atoms with van der Waals surface area (Å²) in [5.41, 5.74) is 11.9. The number of halogens is 1. The summed E-state index contributed by atoms with van der Waals surface area (Å²) >= 11 is 2.38. The summed E-state index contributed by atoms with van der Waals surface area (Å²) < 4.78 is 1.32. The maximum absolute atomic E-state index is 5.93. The lowest BCUT2D eigenvalue weighted by Crippen LogP contribution is -1.94. The maximum Gasteiger partial charge on any atom is 0.0346 e. The second-order valence-electron chi connectivity index (χ2n) is 4.45. The summed E-state index contributed by atoms with van der Waals surface area (Å²) in [7, 11) is 0. The lowest BCUT2D eigenvalue weighted by atomic mass is 10.0. The van der Waals surface area contributed by atoms with Gasteiger partial charge in [-0.1, -0.05) is 24.3 Å². The van der Waals surface area contributed by atoms with Gasteiger partial charge in [-0.3, -0.25) is 0 Å². The van der Waals surface area contributed by atoms with Gasteiger partial charge in [0.15, 0.2) is 0 Å². The van der Waals surface area contributed by atoms with Gasteiger partial charge in [0.2, 0.25) is 0 Å². The highest BCUT2D eigenvalue weighted by Gasteiger charge is 2.01. The van der Waals surface area contributed by atoms with E-state index < -0.39 is 0 Å². The summed E-state index contributed by atoms with van der Waals surface area (Å²) in [6.07, 6.45) is 0.945. The SMILES string of the molecule is Cc1ccc(Cc2ccc(C)c(I)c2)cc1N. The number of nitrogen functional groups attached to an aromatic ring is 1. The predicted octanol–water partition coefficient (Wildman–Crippen LogP) is 4.08. The van der Waals surface area contributed by atoms with Gasteiger partial charge in [-0.2, -0.15) is 0 Å². The van der Waals surface area contributed by atoms with Crippen LogP contribution in [0.2, 0.25) is 0 Å². The maximum atomic E-state index is 5.93. The molecule has 0 aliphatic heterocycles. The van der Waals surface area contributed by atoms with Crippen molar-refractivity contribution in [3.8, 4) is 0 Å². The molecule has 0 spiro atoms. The van der Waals surface area contributed by atoms with Gasteiger partial charge in [0.05, 0.1) is 0 Å². The second-order valence-corrected chi connectivity index (χ2v) is 5.61. The van der Waals surface area contributed by atoms with Crippen LogP contribution in [-0.4, -0.2) is 0 Å². The molecule has 0 aliphatic rings. The lowest BCUT2D eigenvalue weighted by Gasteiger charge is -2.07. The van der Waals surface area contributed by atoms with Gasteiger partial charge in [-0.25, -0.2) is 0 Å². The van der Waals surface area contributed by atoms with Crippen molar-refractivity contribution in [2.24, 2.45) is 0 Å². The Bertz CT molecular complexity index is 497. The molecule has 0 fully saturated rings. The number of anilines is 1. The molecular formula is C15H16IN. The molecule has 2 heteroatoms. The van der Waals surface area contributed by atoms with Crippen LogP contribution in [0.3, 0.4) is 0 Å². The fourth-order valence-corrected chi connectivity index (χ4v) is 2.36. The van der Waals surface area contributed by atoms with Gasteiger partial charge < -0.3 is 5.73 Å². The minimum absolute atomic E-state index is 0.879. The molecule has 0 unspecified atom stereocenters. The summed E-state index contributed by atoms with van der Waals surface area (Å²) in [5, 5.41) is 0. The molecule has 0 bridgehead atoms. The van der Waals surface area contributed by atoms with Crippen molar-refractivity contribution in [2.45, 2.75) is 20.3 Å². The first kappa shape index (κ1) is 12.4. The summed E-state index contributed by atoms with van der Waals surface area (Å²) in [6.45, 7) is 4.17. The molecule has 0 saturated carbocycles. The standard InChI is InChI=1S/C15H16IN/c1-10-3-5-12(8-14(10)16)7-13-6-4-11(2)15(17)9-13/h3-6,8-9H,7,17H2,1-2H3. The number of nitrogens with two attached hydrogens (primary N) is 1. The zero-order valence-corrected chi connectivity index (χ0v) is 12.3. The van der Waals surface area contributed by atoms with Crippen LogP contribution in [0, 0.1) is 17.4 Å². The molecule has 0 aliphatic carbocycles. The van der Waals surface area contributed by atoms with E-state index in [1.165, 1.54) is 20.3 Å². The van der Waals surface area contributed by atoms with Crippen molar-refractivity contribution in [3.63, 3.8) is 0 Å². The van der Waals surface area contributed by atoms with E-state index in [1.807, 2.05) is 6.92 Å². The molecule has 0 aromatic heterocycles. The van der Waals surface area contributed by atoms with Crippen LogP contribution < -0.4 is 5.73 Å². The van der Waals surface area contributed by atoms with Gasteiger partial charge >= 0.3 is 0 Å². The molecule has 0 saturated heterocycles. The van der Waals surface area contributed by atoms with Crippen molar-refractivity contribution in [1.82, 2.24) is 0 Å². The third-order valence-electron chi connectivity index (χ3n) is 2.99. The first-order valence-electron chi connectivity index (χ1n) is 5.66. The van der Waals surface area contributed by atoms with E-state index in [-0.39, 0.29) is 0 Å². The number of hydrogen-bond donors (Lipinski definition) is 1. The first-order chi connectivity index (χ1) is 8.06. The summed E-state index contributed by atoms with van der Waals surface area (Å²) in [6, 6.07) is 12.9. The van der Waals surface area contributed by atoms with E-state index in [2.05, 4.69) is 65.9 Å². The van der Waals surface area contributed by atoms with E-state index >= 15 is 0 Å². The quantitative estimate of drug-likeness (QED) is 0.649. The van der Waals surface area contributed by atoms with Gasteiger partial charge in [0.25, 0.3) is 0 Å². The van der Waals surface area contributed by atoms with E-state index in [0.29, 0.717) is 0 Å². The number of aryl methyl sites for hydroxylation is 2. The Balaban J connectivity index is 2.25. The Kier molecular flexibility index (Phi) is 3.72. The fraction of sp³-hybridized carbons (Fsp3) is 0.200. The number of hydrogen-bond acceptors (Lipinski definition) is 1. The third-order valence-corrected chi connectivity index (χ3v) is 4.15. The molecule has 2 aromatic carbocycles. The Morgan fingerprint density at radius 1 is 0.941 bits per heavy atom. The van der Waals surface area contributed by atoms with E-state index in [4.69, 9.17) is 5.73 Å². The van der Waals surface area contributed by atoms with Crippen molar-refractivity contribution < 1.29 is 0 Å². The lowest BCUT2D eigenvalue weighted by molar-refractivity contribution is 1.18. The zero-order chi connectivity index (χ0) is 12.4. The largest absolute Gasteiger partial charge is 0.399 e. The van der Waals surface area contributed by atoms with Crippen LogP contribution >= 0.6 is 22.6 Å². The number of benzene rings is 2. The average molecular weight is 337 g/mol. The Morgan fingerprint density at radius 2 is 1.53 bits per heavy atom. The molecular weight excluding hydrogens is 321 g/mol. The summed E-state index contributed by atoms with van der Waals surface area (Å²) in [5.74, 6) is 0. The van der Waals surface area contributed by atoms with Crippen LogP contribution in [0.5, 0.6) is 0 Å². The zero-order valence-electron chi connectivity index (χ0n) is 10.1. The molecule has 1 nitrogen and oxygen atoms in total. The highest BCUT2D eigenvalue weighted by molar-refractivity contribution is 14.1. The molecule has 0 atom stereocenters. The van der Waals surface area contributed by atoms with Gasteiger partial charge in [0, 0.05) is 9.26 Å². The van der Waals surface area contributed by atoms with Crippen LogP contribution in [-0.2, 0) is 6.42 Å². The normalized spacial score (nSPS) is 10.5. The minimum atomic E-state index is 0.879. The Hall–Kier alpha value is -1.03. The highest BCUT2D eigenvalue weighted by atomic mass is 127. The molecule has 2 rings (SSSR count). The van der Waals surface area contributed by atoms with Crippen molar-refractivity contribution in [1.29, 1.82) is 0 Å². The monoisotopic (exact) mass is 337 g/mol. The smallest absolute Gasteiger partial charge is 0.0346 e. The molecule has 0 amide bonds. The molecule has 0 radical (unpaired) electrons. The predicted molar refractivity (Wildman–Crippen MR) is 82.3 cm³/mol. The molecule has 0 heterocycles. The minimum Gasteiger partial charge on any atom is -0.399 e. The molecule has 88 valence electrons. The van der Waals surface area contributed by atoms with Crippen LogP contribution in [0.1, 0.15) is 22.3 Å². The van der Waals surface area contributed by atoms with Crippen LogP contribution in [0.15, 0.2) is 36.4 Å². The molecule has 17 heavy (non-hydrogen) atoms. The van der Waals surface area contributed by atoms with Crippen molar-refractivity contribution in [2.75, 3.05) is 5.73 Å². The first-order valence-corrected chi connectivity index (χ1v) is 6.74. The molecule has 2 aromatic rings. The van der Waals surface area contributed by atoms with Crippen molar-refractivity contribution in [3.05, 3.63) is 62.2 Å². The van der Waals surface area contributed by atoms with E-state index in [9.17, 15) is 0 Å². The third kappa shape index (κ3) is 3.00. The van der Waals surface area contributed by atoms with Gasteiger partial charge in [0.1, 0.15) is 0 Å². The highest BCUT2D eigenvalue weighted by Crippen LogP contribution is 2.19.